The van der Waals surface area contributed by atoms with Crippen molar-refractivity contribution in [3.05, 3.63) is 23.8 Å². The van der Waals surface area contributed by atoms with Crippen molar-refractivity contribution in [2.75, 3.05) is 35.2 Å². The number of carbonyl (C=O) groups excluding carboxylic acids is 1. The van der Waals surface area contributed by atoms with Crippen LogP contribution in [0.2, 0.25) is 0 Å². The van der Waals surface area contributed by atoms with Crippen LogP contribution in [0.15, 0.2) is 18.2 Å². The highest BCUT2D eigenvalue weighted by Crippen LogP contribution is 2.25. The molecule has 0 aliphatic carbocycles. The van der Waals surface area contributed by atoms with Crippen molar-refractivity contribution in [3.8, 4) is 0 Å². The molecule has 1 aliphatic rings. The molecule has 0 spiro atoms. The number of benzene rings is 1. The quantitative estimate of drug-likeness (QED) is 0.750. The Morgan fingerprint density at radius 2 is 2.00 bits per heavy atom. The van der Waals surface area contributed by atoms with Crippen LogP contribution >= 0.6 is 11.8 Å². The van der Waals surface area contributed by atoms with Crippen molar-refractivity contribution in [1.29, 1.82) is 0 Å². The minimum absolute atomic E-state index is 0.416. The fraction of sp³-hybridized carbons (Fsp3) is 0.364. The predicted molar refractivity (Wildman–Crippen MR) is 68.9 cm³/mol. The number of hydrogen-bond acceptors (Lipinski definition) is 4. The summed E-state index contributed by atoms with van der Waals surface area (Å²) in [6, 6.07) is 5.34. The number of anilines is 2. The lowest BCUT2D eigenvalue weighted by Crippen LogP contribution is -2.34. The molecular formula is C11H15N3OS. The number of rotatable bonds is 2. The summed E-state index contributed by atoms with van der Waals surface area (Å²) >= 11 is 1.93. The number of carbonyl (C=O) groups is 1. The van der Waals surface area contributed by atoms with Crippen LogP contribution in [0.1, 0.15) is 10.4 Å². The summed E-state index contributed by atoms with van der Waals surface area (Å²) in [6.07, 6.45) is 0. The molecule has 4 nitrogen and oxygen atoms in total. The Labute approximate surface area is 99.0 Å². The zero-order valence-corrected chi connectivity index (χ0v) is 9.80. The fourth-order valence-electron chi connectivity index (χ4n) is 1.83. The number of nitrogen functional groups attached to an aromatic ring is 1. The summed E-state index contributed by atoms with van der Waals surface area (Å²) in [4.78, 5) is 13.5. The average Bonchev–Trinajstić information content (AvgIpc) is 2.30. The van der Waals surface area contributed by atoms with Crippen molar-refractivity contribution >= 4 is 29.0 Å². The van der Waals surface area contributed by atoms with Gasteiger partial charge in [0.05, 0.1) is 5.56 Å². The average molecular weight is 237 g/mol. The topological polar surface area (TPSA) is 72.3 Å². The first-order chi connectivity index (χ1) is 7.68. The van der Waals surface area contributed by atoms with Gasteiger partial charge in [-0.15, -0.1) is 0 Å². The van der Waals surface area contributed by atoms with E-state index in [4.69, 9.17) is 11.5 Å². The lowest BCUT2D eigenvalue weighted by Gasteiger charge is -2.29. The van der Waals surface area contributed by atoms with E-state index in [9.17, 15) is 4.79 Å². The molecule has 0 radical (unpaired) electrons. The van der Waals surface area contributed by atoms with E-state index in [1.54, 1.807) is 6.07 Å². The van der Waals surface area contributed by atoms with Gasteiger partial charge in [0.1, 0.15) is 0 Å². The Kier molecular flexibility index (Phi) is 3.24. The third-order valence-electron chi connectivity index (χ3n) is 2.64. The van der Waals surface area contributed by atoms with Crippen LogP contribution in [-0.4, -0.2) is 30.5 Å². The van der Waals surface area contributed by atoms with E-state index in [2.05, 4.69) is 4.90 Å². The van der Waals surface area contributed by atoms with Gasteiger partial charge >= 0.3 is 0 Å². The maximum Gasteiger partial charge on any atom is 0.250 e. The maximum absolute atomic E-state index is 11.4. The van der Waals surface area contributed by atoms with E-state index in [0.717, 1.165) is 30.3 Å². The molecule has 0 aromatic heterocycles. The minimum atomic E-state index is -0.416. The molecule has 0 atom stereocenters. The zero-order chi connectivity index (χ0) is 11.5. The van der Waals surface area contributed by atoms with Gasteiger partial charge in [0.15, 0.2) is 0 Å². The smallest absolute Gasteiger partial charge is 0.250 e. The molecule has 2 rings (SSSR count). The SMILES string of the molecule is NC(=O)c1cc(N)ccc1N1CCSCC1. The molecule has 86 valence electrons. The number of nitrogens with two attached hydrogens (primary N) is 2. The van der Waals surface area contributed by atoms with Gasteiger partial charge < -0.3 is 16.4 Å². The van der Waals surface area contributed by atoms with E-state index in [1.807, 2.05) is 23.9 Å². The zero-order valence-electron chi connectivity index (χ0n) is 8.98. The van der Waals surface area contributed by atoms with Crippen molar-refractivity contribution in [3.63, 3.8) is 0 Å². The third kappa shape index (κ3) is 2.24. The number of thioether (sulfide) groups is 1. The number of amides is 1. The van der Waals surface area contributed by atoms with Crippen LogP contribution in [0.25, 0.3) is 0 Å². The van der Waals surface area contributed by atoms with Crippen LogP contribution in [0.5, 0.6) is 0 Å². The van der Waals surface area contributed by atoms with Gasteiger partial charge in [-0.25, -0.2) is 0 Å². The summed E-state index contributed by atoms with van der Waals surface area (Å²) < 4.78 is 0. The van der Waals surface area contributed by atoms with Gasteiger partial charge in [0.25, 0.3) is 5.91 Å². The van der Waals surface area contributed by atoms with Crippen LogP contribution in [-0.2, 0) is 0 Å². The lowest BCUT2D eigenvalue weighted by atomic mass is 10.1. The second-order valence-corrected chi connectivity index (χ2v) is 4.97. The summed E-state index contributed by atoms with van der Waals surface area (Å²) in [5.41, 5.74) is 13.0. The molecular weight excluding hydrogens is 222 g/mol. The van der Waals surface area contributed by atoms with Gasteiger partial charge in [-0.05, 0) is 18.2 Å². The predicted octanol–water partition coefficient (Wildman–Crippen LogP) is 0.921. The third-order valence-corrected chi connectivity index (χ3v) is 3.58. The van der Waals surface area contributed by atoms with E-state index in [1.165, 1.54) is 0 Å². The minimum Gasteiger partial charge on any atom is -0.399 e. The van der Waals surface area contributed by atoms with Crippen molar-refractivity contribution < 1.29 is 4.79 Å². The Balaban J connectivity index is 2.34. The summed E-state index contributed by atoms with van der Waals surface area (Å²) in [5.74, 6) is 1.76. The van der Waals surface area contributed by atoms with E-state index >= 15 is 0 Å². The molecule has 1 aromatic rings. The van der Waals surface area contributed by atoms with Gasteiger partial charge in [-0.2, -0.15) is 11.8 Å². The number of nitrogens with zero attached hydrogens (tertiary/aromatic N) is 1. The molecule has 1 heterocycles. The maximum atomic E-state index is 11.4. The van der Waals surface area contributed by atoms with Gasteiger partial charge in [-0.1, -0.05) is 0 Å². The van der Waals surface area contributed by atoms with Crippen LogP contribution in [0.4, 0.5) is 11.4 Å². The molecule has 1 amide bonds. The van der Waals surface area contributed by atoms with Gasteiger partial charge in [0.2, 0.25) is 0 Å². The standard InChI is InChI=1S/C11H15N3OS/c12-8-1-2-10(9(7-8)11(13)15)14-3-5-16-6-4-14/h1-2,7H,3-6,12H2,(H2,13,15). The number of primary amides is 1. The molecule has 0 saturated carbocycles. The molecule has 1 saturated heterocycles. The molecule has 1 aliphatic heterocycles. The van der Waals surface area contributed by atoms with E-state index in [0.29, 0.717) is 11.3 Å². The van der Waals surface area contributed by atoms with Crippen LogP contribution in [0, 0.1) is 0 Å². The Morgan fingerprint density at radius 3 is 2.62 bits per heavy atom. The molecule has 16 heavy (non-hydrogen) atoms. The fourth-order valence-corrected chi connectivity index (χ4v) is 2.73. The molecule has 1 fully saturated rings. The first-order valence-corrected chi connectivity index (χ1v) is 6.36. The molecule has 1 aromatic carbocycles. The molecule has 5 heteroatoms. The molecule has 0 unspecified atom stereocenters. The Hall–Kier alpha value is -1.36. The monoisotopic (exact) mass is 237 g/mol. The van der Waals surface area contributed by atoms with Crippen molar-refractivity contribution in [2.24, 2.45) is 5.73 Å². The summed E-state index contributed by atoms with van der Waals surface area (Å²) in [5, 5.41) is 0. The lowest BCUT2D eigenvalue weighted by molar-refractivity contribution is 0.100. The largest absolute Gasteiger partial charge is 0.399 e. The van der Waals surface area contributed by atoms with Crippen LogP contribution in [0.3, 0.4) is 0 Å². The van der Waals surface area contributed by atoms with Crippen molar-refractivity contribution in [2.45, 2.75) is 0 Å². The highest BCUT2D eigenvalue weighted by molar-refractivity contribution is 7.99. The van der Waals surface area contributed by atoms with Crippen molar-refractivity contribution in [1.82, 2.24) is 0 Å². The van der Waals surface area contributed by atoms with Gasteiger partial charge in [-0.3, -0.25) is 4.79 Å². The Bertz CT molecular complexity index is 402. The second kappa shape index (κ2) is 4.65. The number of hydrogen-bond donors (Lipinski definition) is 2. The first-order valence-electron chi connectivity index (χ1n) is 5.20. The molecule has 0 bridgehead atoms. The van der Waals surface area contributed by atoms with Crippen LogP contribution < -0.4 is 16.4 Å². The Morgan fingerprint density at radius 1 is 1.31 bits per heavy atom. The highest BCUT2D eigenvalue weighted by atomic mass is 32.2. The molecule has 4 N–H and O–H groups in total. The van der Waals surface area contributed by atoms with Gasteiger partial charge in [0, 0.05) is 36.0 Å². The highest BCUT2D eigenvalue weighted by Gasteiger charge is 2.17. The summed E-state index contributed by atoms with van der Waals surface area (Å²) in [6.45, 7) is 1.91. The first kappa shape index (κ1) is 11.1. The van der Waals surface area contributed by atoms with E-state index < -0.39 is 5.91 Å². The van der Waals surface area contributed by atoms with E-state index in [-0.39, 0.29) is 0 Å². The normalized spacial score (nSPS) is 16.1. The second-order valence-electron chi connectivity index (χ2n) is 3.74. The summed E-state index contributed by atoms with van der Waals surface area (Å²) in [7, 11) is 0.